The highest BCUT2D eigenvalue weighted by atomic mass is 32.2. The van der Waals surface area contributed by atoms with E-state index in [1.807, 2.05) is 59.9 Å². The molecular weight excluding hydrogens is 498 g/mol. The average molecular weight is 546 g/mol. The van der Waals surface area contributed by atoms with E-state index in [9.17, 15) is 14.4 Å². The van der Waals surface area contributed by atoms with E-state index in [-0.39, 0.29) is 33.9 Å². The topological polar surface area (TPSA) is 79.0 Å². The molecule has 4 atom stereocenters. The predicted octanol–water partition coefficient (Wildman–Crippen LogP) is 5.03. The predicted molar refractivity (Wildman–Crippen MR) is 156 cm³/mol. The van der Waals surface area contributed by atoms with Crippen molar-refractivity contribution >= 4 is 29.5 Å². The van der Waals surface area contributed by atoms with Crippen LogP contribution in [0.3, 0.4) is 0 Å². The van der Waals surface area contributed by atoms with Crippen LogP contribution in [0.15, 0.2) is 42.0 Å². The van der Waals surface area contributed by atoms with Crippen LogP contribution in [-0.2, 0) is 19.1 Å². The molecule has 0 spiro atoms. The molecule has 0 aliphatic carbocycles. The number of esters is 1. The van der Waals surface area contributed by atoms with Crippen LogP contribution in [0.25, 0.3) is 0 Å². The van der Waals surface area contributed by atoms with Gasteiger partial charge in [-0.05, 0) is 51.6 Å². The Hall–Kier alpha value is -2.32. The average Bonchev–Trinajstić information content (AvgIpc) is 3.07. The summed E-state index contributed by atoms with van der Waals surface area (Å²) in [4.78, 5) is 43.8. The number of amides is 2. The SMILES string of the molecule is CCOC(=O)/C(C)=C/[C@H](C(C)C)N(C)C(=O)[C@@H](NC(=O)C1N(C)[C@H](c2ccccc2)SC1(C)C)C(C)(C)C. The van der Waals surface area contributed by atoms with Gasteiger partial charge in [0.15, 0.2) is 0 Å². The molecule has 7 nitrogen and oxygen atoms in total. The van der Waals surface area contributed by atoms with Gasteiger partial charge >= 0.3 is 5.97 Å². The lowest BCUT2D eigenvalue weighted by Crippen LogP contribution is -2.60. The fourth-order valence-corrected chi connectivity index (χ4v) is 6.58. The minimum Gasteiger partial charge on any atom is -0.463 e. The fraction of sp³-hybridized carbons (Fsp3) is 0.633. The normalized spacial score (nSPS) is 21.6. The third-order valence-electron chi connectivity index (χ3n) is 7.08. The summed E-state index contributed by atoms with van der Waals surface area (Å²) in [5.74, 6) is -0.697. The van der Waals surface area contributed by atoms with Gasteiger partial charge in [-0.1, -0.05) is 71.0 Å². The molecule has 0 saturated carbocycles. The number of carbonyl (C=O) groups excluding carboxylic acids is 3. The van der Waals surface area contributed by atoms with Crippen LogP contribution in [0.5, 0.6) is 0 Å². The smallest absolute Gasteiger partial charge is 0.333 e. The summed E-state index contributed by atoms with van der Waals surface area (Å²) >= 11 is 1.76. The maximum Gasteiger partial charge on any atom is 0.333 e. The summed E-state index contributed by atoms with van der Waals surface area (Å²) in [7, 11) is 3.71. The van der Waals surface area contributed by atoms with E-state index < -0.39 is 23.5 Å². The molecule has 2 amide bonds. The maximum absolute atomic E-state index is 13.9. The molecule has 0 aromatic heterocycles. The van der Waals surface area contributed by atoms with Crippen LogP contribution in [0, 0.1) is 11.3 Å². The third-order valence-corrected chi connectivity index (χ3v) is 8.74. The van der Waals surface area contributed by atoms with E-state index in [2.05, 4.69) is 36.2 Å². The van der Waals surface area contributed by atoms with E-state index in [0.29, 0.717) is 12.2 Å². The fourth-order valence-electron chi connectivity index (χ4n) is 5.02. The van der Waals surface area contributed by atoms with Crippen molar-refractivity contribution in [3.8, 4) is 0 Å². The summed E-state index contributed by atoms with van der Waals surface area (Å²) < 4.78 is 4.77. The number of hydrogen-bond acceptors (Lipinski definition) is 6. The van der Waals surface area contributed by atoms with Crippen molar-refractivity contribution in [3.05, 3.63) is 47.5 Å². The zero-order chi connectivity index (χ0) is 29.0. The van der Waals surface area contributed by atoms with Crippen LogP contribution in [0.4, 0.5) is 0 Å². The monoisotopic (exact) mass is 545 g/mol. The molecule has 1 fully saturated rings. The van der Waals surface area contributed by atoms with Crippen molar-refractivity contribution in [3.63, 3.8) is 0 Å². The molecule has 212 valence electrons. The number of rotatable bonds is 9. The van der Waals surface area contributed by atoms with E-state index >= 15 is 0 Å². The van der Waals surface area contributed by atoms with Gasteiger partial charge in [0.2, 0.25) is 11.8 Å². The van der Waals surface area contributed by atoms with Crippen LogP contribution in [0.2, 0.25) is 0 Å². The summed E-state index contributed by atoms with van der Waals surface area (Å²) in [5, 5.41) is 3.17. The van der Waals surface area contributed by atoms with Gasteiger partial charge in [-0.15, -0.1) is 11.8 Å². The minimum atomic E-state index is -0.748. The van der Waals surface area contributed by atoms with Gasteiger partial charge in [0, 0.05) is 17.4 Å². The molecule has 1 aromatic carbocycles. The Balaban J connectivity index is 2.33. The first-order valence-corrected chi connectivity index (χ1v) is 14.3. The van der Waals surface area contributed by atoms with Crippen LogP contribution in [0.1, 0.15) is 73.3 Å². The number of ether oxygens (including phenoxy) is 1. The van der Waals surface area contributed by atoms with Crippen LogP contribution in [-0.4, -0.2) is 71.2 Å². The lowest BCUT2D eigenvalue weighted by molar-refractivity contribution is -0.141. The van der Waals surface area contributed by atoms with E-state index in [4.69, 9.17) is 4.74 Å². The van der Waals surface area contributed by atoms with E-state index in [1.165, 1.54) is 0 Å². The molecule has 0 radical (unpaired) electrons. The second-order valence-corrected chi connectivity index (χ2v) is 13.8. The van der Waals surface area contributed by atoms with E-state index in [1.54, 1.807) is 43.6 Å². The van der Waals surface area contributed by atoms with Crippen molar-refractivity contribution in [1.82, 2.24) is 15.1 Å². The number of nitrogens with zero attached hydrogens (tertiary/aromatic N) is 2. The number of benzene rings is 1. The van der Waals surface area contributed by atoms with Crippen molar-refractivity contribution in [2.45, 2.75) is 90.6 Å². The first-order valence-electron chi connectivity index (χ1n) is 13.4. The molecule has 8 heteroatoms. The number of likely N-dealkylation sites (N-methyl/N-ethyl adjacent to an activating group) is 2. The Kier molecular flexibility index (Phi) is 10.7. The zero-order valence-electron chi connectivity index (χ0n) is 25.0. The van der Waals surface area contributed by atoms with Gasteiger partial charge in [-0.2, -0.15) is 0 Å². The number of thioether (sulfide) groups is 1. The van der Waals surface area contributed by atoms with Crippen molar-refractivity contribution in [1.29, 1.82) is 0 Å². The number of nitrogens with one attached hydrogen (secondary N) is 1. The molecule has 2 rings (SSSR count). The van der Waals surface area contributed by atoms with Crippen LogP contribution < -0.4 is 5.32 Å². The molecule has 1 aliphatic heterocycles. The Morgan fingerprint density at radius 3 is 2.26 bits per heavy atom. The Labute approximate surface area is 233 Å². The van der Waals surface area contributed by atoms with Gasteiger partial charge in [-0.25, -0.2) is 4.79 Å². The Morgan fingerprint density at radius 1 is 1.18 bits per heavy atom. The van der Waals surface area contributed by atoms with Gasteiger partial charge in [0.1, 0.15) is 12.1 Å². The second kappa shape index (κ2) is 12.7. The van der Waals surface area contributed by atoms with Gasteiger partial charge in [-0.3, -0.25) is 14.5 Å². The highest BCUT2D eigenvalue weighted by Gasteiger charge is 2.51. The maximum atomic E-state index is 13.9. The zero-order valence-corrected chi connectivity index (χ0v) is 25.8. The molecule has 1 aliphatic rings. The molecular formula is C30H47N3O4S. The van der Waals surface area contributed by atoms with Gasteiger partial charge in [0.25, 0.3) is 0 Å². The number of hydrogen-bond donors (Lipinski definition) is 1. The summed E-state index contributed by atoms with van der Waals surface area (Å²) in [6.45, 7) is 17.8. The van der Waals surface area contributed by atoms with Gasteiger partial charge < -0.3 is 15.0 Å². The molecule has 1 N–H and O–H groups in total. The first-order chi connectivity index (χ1) is 17.5. The molecule has 0 bridgehead atoms. The van der Waals surface area contributed by atoms with E-state index in [0.717, 1.165) is 5.56 Å². The highest BCUT2D eigenvalue weighted by molar-refractivity contribution is 8.01. The Morgan fingerprint density at radius 2 is 1.76 bits per heavy atom. The summed E-state index contributed by atoms with van der Waals surface area (Å²) in [6.07, 6.45) is 1.79. The van der Waals surface area contributed by atoms with Crippen molar-refractivity contribution in [2.24, 2.45) is 11.3 Å². The third kappa shape index (κ3) is 7.41. The summed E-state index contributed by atoms with van der Waals surface area (Å²) in [6, 6.07) is 8.67. The molecule has 1 heterocycles. The largest absolute Gasteiger partial charge is 0.463 e. The number of carbonyl (C=O) groups is 3. The second-order valence-electron chi connectivity index (χ2n) is 12.1. The highest BCUT2D eigenvalue weighted by Crippen LogP contribution is 2.51. The van der Waals surface area contributed by atoms with Gasteiger partial charge in [0.05, 0.1) is 18.0 Å². The molecule has 1 aromatic rings. The minimum absolute atomic E-state index is 0.0368. The lowest BCUT2D eigenvalue weighted by atomic mass is 9.84. The quantitative estimate of drug-likeness (QED) is 0.346. The van der Waals surface area contributed by atoms with Crippen LogP contribution >= 0.6 is 11.8 Å². The van der Waals surface area contributed by atoms with Crippen molar-refractivity contribution in [2.75, 3.05) is 20.7 Å². The summed E-state index contributed by atoms with van der Waals surface area (Å²) in [5.41, 5.74) is 1.07. The lowest BCUT2D eigenvalue weighted by Gasteiger charge is -2.39. The molecule has 38 heavy (non-hydrogen) atoms. The van der Waals surface area contributed by atoms with Crippen molar-refractivity contribution < 1.29 is 19.1 Å². The molecule has 1 unspecified atom stereocenters. The molecule has 1 saturated heterocycles. The standard InChI is InChI=1S/C30H47N3O4S/c1-12-37-28(36)20(4)18-22(19(2)3)32(10)26(35)23(29(5,6)7)31-25(34)24-30(8,9)38-27(33(24)11)21-16-14-13-15-17-21/h13-19,22-24,27H,12H2,1-11H3,(H,31,34)/b20-18+/t22-,23-,24?,27+/m1/s1. The first kappa shape index (κ1) is 31.9. The Bertz CT molecular complexity index is 1020.